The van der Waals surface area contributed by atoms with Gasteiger partial charge in [-0.3, -0.25) is 10.00 Å². The summed E-state index contributed by atoms with van der Waals surface area (Å²) in [5.41, 5.74) is 5.55. The minimum absolute atomic E-state index is 0. The summed E-state index contributed by atoms with van der Waals surface area (Å²) >= 11 is 0. The first-order valence-electron chi connectivity index (χ1n) is 8.27. The second-order valence-corrected chi connectivity index (χ2v) is 7.03. The molecule has 1 unspecified atom stereocenters. The molecule has 4 rings (SSSR count). The van der Waals surface area contributed by atoms with Crippen molar-refractivity contribution in [1.82, 2.24) is 20.4 Å². The van der Waals surface area contributed by atoms with Gasteiger partial charge in [0, 0.05) is 30.8 Å². The zero-order chi connectivity index (χ0) is 15.0. The lowest BCUT2D eigenvalue weighted by Crippen LogP contribution is -2.28. The Hall–Kier alpha value is -1.36. The van der Waals surface area contributed by atoms with E-state index in [0.29, 0.717) is 5.41 Å². The van der Waals surface area contributed by atoms with Gasteiger partial charge < -0.3 is 5.32 Å². The van der Waals surface area contributed by atoms with Crippen molar-refractivity contribution in [3.8, 4) is 11.3 Å². The predicted octanol–water partition coefficient (Wildman–Crippen LogP) is 2.99. The van der Waals surface area contributed by atoms with Crippen LogP contribution in [0.25, 0.3) is 11.3 Å². The highest BCUT2D eigenvalue weighted by Crippen LogP contribution is 2.37. The number of hydrogen-bond acceptors (Lipinski definition) is 3. The molecule has 0 bridgehead atoms. The molecule has 2 aliphatic heterocycles. The summed E-state index contributed by atoms with van der Waals surface area (Å²) in [6.07, 6.45) is 4.66. The molecule has 2 aliphatic rings. The third-order valence-corrected chi connectivity index (χ3v) is 5.27. The van der Waals surface area contributed by atoms with Gasteiger partial charge in [-0.2, -0.15) is 5.10 Å². The summed E-state index contributed by atoms with van der Waals surface area (Å²) in [6.45, 7) is 7.95. The molecule has 23 heavy (non-hydrogen) atoms. The summed E-state index contributed by atoms with van der Waals surface area (Å²) in [5, 5.41) is 11.0. The largest absolute Gasteiger partial charge is 0.316 e. The fourth-order valence-electron chi connectivity index (χ4n) is 4.03. The van der Waals surface area contributed by atoms with Crippen molar-refractivity contribution >= 4 is 12.4 Å². The van der Waals surface area contributed by atoms with Crippen LogP contribution in [-0.2, 0) is 6.54 Å². The van der Waals surface area contributed by atoms with E-state index in [2.05, 4.69) is 51.6 Å². The number of nitrogens with one attached hydrogen (secondary N) is 2. The molecular formula is C18H25ClN4. The van der Waals surface area contributed by atoms with Crippen molar-refractivity contribution in [2.45, 2.75) is 26.3 Å². The number of likely N-dealkylation sites (tertiary alicyclic amines) is 1. The number of rotatable bonds is 3. The molecule has 0 radical (unpaired) electrons. The quantitative estimate of drug-likeness (QED) is 0.908. The van der Waals surface area contributed by atoms with E-state index < -0.39 is 0 Å². The second kappa shape index (κ2) is 6.63. The lowest BCUT2D eigenvalue weighted by atomic mass is 9.86. The first kappa shape index (κ1) is 16.5. The van der Waals surface area contributed by atoms with Crippen molar-refractivity contribution in [2.75, 3.05) is 26.2 Å². The van der Waals surface area contributed by atoms with Crippen LogP contribution < -0.4 is 5.32 Å². The van der Waals surface area contributed by atoms with Crippen LogP contribution in [0, 0.1) is 12.3 Å². The van der Waals surface area contributed by atoms with Crippen molar-refractivity contribution in [3.63, 3.8) is 0 Å². The highest BCUT2D eigenvalue weighted by atomic mass is 35.5. The second-order valence-electron chi connectivity index (χ2n) is 7.03. The van der Waals surface area contributed by atoms with Crippen molar-refractivity contribution < 1.29 is 0 Å². The van der Waals surface area contributed by atoms with Crippen LogP contribution in [0.2, 0.25) is 0 Å². The Labute approximate surface area is 144 Å². The van der Waals surface area contributed by atoms with Crippen LogP contribution in [0.3, 0.4) is 0 Å². The van der Waals surface area contributed by atoms with Crippen LogP contribution in [0.4, 0.5) is 0 Å². The minimum atomic E-state index is 0. The van der Waals surface area contributed by atoms with Crippen molar-refractivity contribution in [3.05, 3.63) is 41.6 Å². The van der Waals surface area contributed by atoms with E-state index in [-0.39, 0.29) is 12.4 Å². The van der Waals surface area contributed by atoms with E-state index in [4.69, 9.17) is 0 Å². The summed E-state index contributed by atoms with van der Waals surface area (Å²) in [4.78, 5) is 2.59. The minimum Gasteiger partial charge on any atom is -0.316 e. The molecule has 2 fully saturated rings. The number of aryl methyl sites for hydroxylation is 1. The molecule has 3 heterocycles. The van der Waals surface area contributed by atoms with Crippen molar-refractivity contribution in [2.24, 2.45) is 5.41 Å². The van der Waals surface area contributed by atoms with E-state index in [0.717, 1.165) is 6.54 Å². The molecule has 1 aromatic carbocycles. The lowest BCUT2D eigenvalue weighted by Gasteiger charge is -2.22. The Morgan fingerprint density at radius 2 is 2.22 bits per heavy atom. The number of aromatic amines is 1. The average molecular weight is 333 g/mol. The molecule has 4 nitrogen and oxygen atoms in total. The molecule has 1 atom stereocenters. The predicted molar refractivity (Wildman–Crippen MR) is 95.8 cm³/mol. The maximum absolute atomic E-state index is 4.30. The molecule has 2 saturated heterocycles. The molecule has 124 valence electrons. The third kappa shape index (κ3) is 3.30. The summed E-state index contributed by atoms with van der Waals surface area (Å²) < 4.78 is 0. The molecule has 0 saturated carbocycles. The molecule has 0 amide bonds. The maximum Gasteiger partial charge on any atom is 0.0695 e. The first-order valence-corrected chi connectivity index (χ1v) is 8.27. The Morgan fingerprint density at radius 1 is 1.30 bits per heavy atom. The molecule has 2 aromatic rings. The van der Waals surface area contributed by atoms with Crippen LogP contribution in [-0.4, -0.2) is 41.3 Å². The fraction of sp³-hybridized carbons (Fsp3) is 0.500. The molecule has 1 aromatic heterocycles. The Bertz CT molecular complexity index is 661. The van der Waals surface area contributed by atoms with Gasteiger partial charge in [0.15, 0.2) is 0 Å². The van der Waals surface area contributed by atoms with E-state index in [9.17, 15) is 0 Å². The van der Waals surface area contributed by atoms with E-state index in [1.165, 1.54) is 61.4 Å². The smallest absolute Gasteiger partial charge is 0.0695 e. The topological polar surface area (TPSA) is 44.0 Å². The van der Waals surface area contributed by atoms with Gasteiger partial charge >= 0.3 is 0 Å². The maximum atomic E-state index is 4.30. The monoisotopic (exact) mass is 332 g/mol. The zero-order valence-electron chi connectivity index (χ0n) is 13.6. The highest BCUT2D eigenvalue weighted by molar-refractivity contribution is 5.85. The fourth-order valence-corrected chi connectivity index (χ4v) is 4.03. The van der Waals surface area contributed by atoms with Gasteiger partial charge in [-0.1, -0.05) is 23.8 Å². The Balaban J connectivity index is 0.00000156. The summed E-state index contributed by atoms with van der Waals surface area (Å²) in [7, 11) is 0. The SMILES string of the molecule is Cc1cccc(-c2[nH]ncc2CN2CCC3(CCNC3)C2)c1.Cl. The summed E-state index contributed by atoms with van der Waals surface area (Å²) in [6, 6.07) is 8.64. The number of hydrogen-bond donors (Lipinski definition) is 2. The molecule has 0 aliphatic carbocycles. The zero-order valence-corrected chi connectivity index (χ0v) is 14.5. The standard InChI is InChI=1S/C18H24N4.ClH/c1-14-3-2-4-15(9-14)17-16(10-20-21-17)11-22-8-6-18(13-22)5-7-19-12-18;/h2-4,9-10,19H,5-8,11-13H2,1H3,(H,20,21);1H. The number of halogens is 1. The normalized spacial score (nSPS) is 24.2. The van der Waals surface area contributed by atoms with E-state index >= 15 is 0 Å². The highest BCUT2D eigenvalue weighted by Gasteiger charge is 2.40. The van der Waals surface area contributed by atoms with Gasteiger partial charge in [0.05, 0.1) is 11.9 Å². The number of H-pyrrole nitrogens is 1. The Morgan fingerprint density at radius 3 is 3.00 bits per heavy atom. The van der Waals surface area contributed by atoms with Gasteiger partial charge in [0.1, 0.15) is 0 Å². The lowest BCUT2D eigenvalue weighted by molar-refractivity contribution is 0.269. The van der Waals surface area contributed by atoms with Gasteiger partial charge in [0.25, 0.3) is 0 Å². The van der Waals surface area contributed by atoms with E-state index in [1.54, 1.807) is 0 Å². The molecule has 2 N–H and O–H groups in total. The van der Waals surface area contributed by atoms with Crippen LogP contribution in [0.1, 0.15) is 24.0 Å². The van der Waals surface area contributed by atoms with Gasteiger partial charge in [-0.05, 0) is 44.3 Å². The Kier molecular flexibility index (Phi) is 4.76. The molecule has 1 spiro atoms. The van der Waals surface area contributed by atoms with Gasteiger partial charge in [0.2, 0.25) is 0 Å². The number of nitrogens with zero attached hydrogens (tertiary/aromatic N) is 2. The molecular weight excluding hydrogens is 308 g/mol. The van der Waals surface area contributed by atoms with Crippen LogP contribution in [0.15, 0.2) is 30.5 Å². The van der Waals surface area contributed by atoms with Crippen LogP contribution >= 0.6 is 12.4 Å². The first-order chi connectivity index (χ1) is 10.7. The summed E-state index contributed by atoms with van der Waals surface area (Å²) in [5.74, 6) is 0. The number of aromatic nitrogens is 2. The van der Waals surface area contributed by atoms with E-state index in [1.807, 2.05) is 6.20 Å². The third-order valence-electron chi connectivity index (χ3n) is 5.27. The number of benzene rings is 1. The van der Waals surface area contributed by atoms with Crippen molar-refractivity contribution in [1.29, 1.82) is 0 Å². The van der Waals surface area contributed by atoms with Gasteiger partial charge in [-0.15, -0.1) is 12.4 Å². The van der Waals surface area contributed by atoms with Gasteiger partial charge in [-0.25, -0.2) is 0 Å². The molecule has 5 heteroatoms. The average Bonchev–Trinajstić information content (AvgIpc) is 3.23. The van der Waals surface area contributed by atoms with Crippen LogP contribution in [0.5, 0.6) is 0 Å².